The smallest absolute Gasteiger partial charge is 0.0392 e. The van der Waals surface area contributed by atoms with E-state index in [9.17, 15) is 0 Å². The van der Waals surface area contributed by atoms with Gasteiger partial charge in [0.25, 0.3) is 0 Å². The minimum absolute atomic E-state index is 1.08. The van der Waals surface area contributed by atoms with Gasteiger partial charge in [0.05, 0.1) is 0 Å². The van der Waals surface area contributed by atoms with Crippen molar-refractivity contribution in [2.75, 3.05) is 0 Å². The quantitative estimate of drug-likeness (QED) is 0.553. The molecule has 1 heteroatoms. The van der Waals surface area contributed by atoms with Crippen LogP contribution in [-0.2, 0) is 0 Å². The average molecular weight is 165 g/mol. The van der Waals surface area contributed by atoms with Crippen LogP contribution >= 0.6 is 0 Å². The van der Waals surface area contributed by atoms with Gasteiger partial charge in [-0.15, -0.1) is 0 Å². The van der Waals surface area contributed by atoms with Crippen molar-refractivity contribution in [2.24, 2.45) is 4.99 Å². The third-order valence-corrected chi connectivity index (χ3v) is 2.55. The summed E-state index contributed by atoms with van der Waals surface area (Å²) in [7, 11) is 0. The first-order valence-electron chi connectivity index (χ1n) is 4.96. The molecular weight excluding hydrogens is 146 g/mol. The molecule has 0 bridgehead atoms. The van der Waals surface area contributed by atoms with Crippen molar-refractivity contribution in [3.63, 3.8) is 0 Å². The molecule has 0 saturated carbocycles. The molecular formula is C11H19N. The van der Waals surface area contributed by atoms with Crippen molar-refractivity contribution < 1.29 is 0 Å². The maximum Gasteiger partial charge on any atom is 0.0392 e. The highest BCUT2D eigenvalue weighted by atomic mass is 14.8. The third-order valence-electron chi connectivity index (χ3n) is 2.55. The lowest BCUT2D eigenvalue weighted by Crippen LogP contribution is -1.98. The van der Waals surface area contributed by atoms with Crippen molar-refractivity contribution in [1.29, 1.82) is 0 Å². The highest BCUT2D eigenvalue weighted by molar-refractivity contribution is 5.82. The lowest BCUT2D eigenvalue weighted by molar-refractivity contribution is 0.667. The van der Waals surface area contributed by atoms with E-state index in [1.54, 1.807) is 0 Å². The molecule has 1 nitrogen and oxygen atoms in total. The molecule has 1 aliphatic rings. The van der Waals surface area contributed by atoms with Crippen LogP contribution in [0.2, 0.25) is 0 Å². The van der Waals surface area contributed by atoms with Crippen molar-refractivity contribution in [2.45, 2.75) is 52.9 Å². The lowest BCUT2D eigenvalue weighted by Gasteiger charge is -2.14. The fourth-order valence-electron chi connectivity index (χ4n) is 1.50. The van der Waals surface area contributed by atoms with E-state index in [0.29, 0.717) is 0 Å². The summed E-state index contributed by atoms with van der Waals surface area (Å²) in [5, 5.41) is 0. The normalized spacial score (nSPS) is 20.1. The second-order valence-corrected chi connectivity index (χ2v) is 3.63. The summed E-state index contributed by atoms with van der Waals surface area (Å²) in [5.41, 5.74) is 4.14. The average Bonchev–Trinajstić information content (AvgIpc) is 2.09. The Bertz CT molecular complexity index is 211. The Morgan fingerprint density at radius 2 is 2.00 bits per heavy atom. The summed E-state index contributed by atoms with van der Waals surface area (Å²) in [5.74, 6) is 0. The van der Waals surface area contributed by atoms with Gasteiger partial charge >= 0.3 is 0 Å². The second kappa shape index (κ2) is 4.44. The first-order chi connectivity index (χ1) is 5.74. The summed E-state index contributed by atoms with van der Waals surface area (Å²) < 4.78 is 0. The van der Waals surface area contributed by atoms with Gasteiger partial charge < -0.3 is 0 Å². The van der Waals surface area contributed by atoms with Crippen LogP contribution in [0.3, 0.4) is 0 Å². The Labute approximate surface area is 75.6 Å². The van der Waals surface area contributed by atoms with E-state index in [-0.39, 0.29) is 0 Å². The lowest BCUT2D eigenvalue weighted by atomic mass is 9.98. The van der Waals surface area contributed by atoms with Crippen LogP contribution in [0, 0.1) is 0 Å². The molecule has 0 fully saturated rings. The minimum atomic E-state index is 1.08. The monoisotopic (exact) mass is 165 g/mol. The van der Waals surface area contributed by atoms with Gasteiger partial charge in [-0.25, -0.2) is 0 Å². The molecule has 68 valence electrons. The highest BCUT2D eigenvalue weighted by Gasteiger charge is 2.07. The zero-order valence-electron chi connectivity index (χ0n) is 8.48. The topological polar surface area (TPSA) is 12.4 Å². The van der Waals surface area contributed by atoms with E-state index >= 15 is 0 Å². The SMILES string of the molecule is CCC(C)=NC1=C(C)CCCC1. The molecule has 1 rings (SSSR count). The van der Waals surface area contributed by atoms with Crippen LogP contribution in [0.25, 0.3) is 0 Å². The van der Waals surface area contributed by atoms with Gasteiger partial charge in [-0.3, -0.25) is 4.99 Å². The van der Waals surface area contributed by atoms with E-state index in [2.05, 4.69) is 25.8 Å². The summed E-state index contributed by atoms with van der Waals surface area (Å²) in [4.78, 5) is 4.63. The zero-order chi connectivity index (χ0) is 8.97. The van der Waals surface area contributed by atoms with Crippen molar-refractivity contribution in [1.82, 2.24) is 0 Å². The fourth-order valence-corrected chi connectivity index (χ4v) is 1.50. The third kappa shape index (κ3) is 2.47. The van der Waals surface area contributed by atoms with E-state index in [0.717, 1.165) is 6.42 Å². The van der Waals surface area contributed by atoms with E-state index in [1.165, 1.54) is 42.7 Å². The van der Waals surface area contributed by atoms with Gasteiger partial charge in [-0.1, -0.05) is 12.5 Å². The fraction of sp³-hybridized carbons (Fsp3) is 0.727. The van der Waals surface area contributed by atoms with Crippen molar-refractivity contribution >= 4 is 5.71 Å². The van der Waals surface area contributed by atoms with Crippen LogP contribution in [0.4, 0.5) is 0 Å². The van der Waals surface area contributed by atoms with E-state index < -0.39 is 0 Å². The molecule has 12 heavy (non-hydrogen) atoms. The summed E-state index contributed by atoms with van der Waals surface area (Å²) in [6.45, 7) is 6.51. The minimum Gasteiger partial charge on any atom is -0.263 e. The number of hydrogen-bond donors (Lipinski definition) is 0. The molecule has 0 aromatic heterocycles. The Morgan fingerprint density at radius 3 is 2.58 bits per heavy atom. The zero-order valence-corrected chi connectivity index (χ0v) is 8.48. The van der Waals surface area contributed by atoms with Crippen molar-refractivity contribution in [3.8, 4) is 0 Å². The molecule has 0 unspecified atom stereocenters. The Morgan fingerprint density at radius 1 is 1.33 bits per heavy atom. The van der Waals surface area contributed by atoms with Crippen LogP contribution in [0.5, 0.6) is 0 Å². The maximum absolute atomic E-state index is 4.63. The standard InChI is InChI=1S/C11H19N/c1-4-10(3)12-11-8-6-5-7-9(11)2/h4-8H2,1-3H3. The number of rotatable bonds is 2. The number of aliphatic imine (C=N–C) groups is 1. The summed E-state index contributed by atoms with van der Waals surface area (Å²) >= 11 is 0. The van der Waals surface area contributed by atoms with Gasteiger partial charge in [0, 0.05) is 11.4 Å². The van der Waals surface area contributed by atoms with Gasteiger partial charge in [-0.05, 0) is 46.0 Å². The predicted molar refractivity (Wildman–Crippen MR) is 54.6 cm³/mol. The summed E-state index contributed by atoms with van der Waals surface area (Å²) in [6.07, 6.45) is 6.22. The molecule has 0 heterocycles. The predicted octanol–water partition coefficient (Wildman–Crippen LogP) is 3.71. The van der Waals surface area contributed by atoms with Crippen molar-refractivity contribution in [3.05, 3.63) is 11.3 Å². The molecule has 0 N–H and O–H groups in total. The molecule has 0 aromatic carbocycles. The Kier molecular flexibility index (Phi) is 3.51. The molecule has 1 aliphatic carbocycles. The molecule has 0 saturated heterocycles. The molecule has 0 atom stereocenters. The van der Waals surface area contributed by atoms with Crippen LogP contribution in [0.15, 0.2) is 16.3 Å². The van der Waals surface area contributed by atoms with Gasteiger partial charge in [-0.2, -0.15) is 0 Å². The molecule has 0 aliphatic heterocycles. The maximum atomic E-state index is 4.63. The second-order valence-electron chi connectivity index (χ2n) is 3.63. The molecule has 0 amide bonds. The highest BCUT2D eigenvalue weighted by Crippen LogP contribution is 2.25. The molecule has 0 aromatic rings. The van der Waals surface area contributed by atoms with E-state index in [1.807, 2.05) is 0 Å². The number of hydrogen-bond acceptors (Lipinski definition) is 1. The first kappa shape index (κ1) is 9.50. The molecule has 0 spiro atoms. The van der Waals surface area contributed by atoms with E-state index in [4.69, 9.17) is 0 Å². The van der Waals surface area contributed by atoms with Crippen LogP contribution < -0.4 is 0 Å². The molecule has 0 radical (unpaired) electrons. The van der Waals surface area contributed by atoms with Crippen LogP contribution in [-0.4, -0.2) is 5.71 Å². The Balaban J connectivity index is 2.72. The first-order valence-corrected chi connectivity index (χ1v) is 4.96. The number of allylic oxidation sites excluding steroid dienone is 2. The Hall–Kier alpha value is -0.590. The van der Waals surface area contributed by atoms with Crippen LogP contribution in [0.1, 0.15) is 52.9 Å². The summed E-state index contributed by atoms with van der Waals surface area (Å²) in [6, 6.07) is 0. The van der Waals surface area contributed by atoms with Gasteiger partial charge in [0.2, 0.25) is 0 Å². The largest absolute Gasteiger partial charge is 0.263 e. The van der Waals surface area contributed by atoms with Gasteiger partial charge in [0.1, 0.15) is 0 Å². The number of nitrogens with zero attached hydrogens (tertiary/aromatic N) is 1. The van der Waals surface area contributed by atoms with Gasteiger partial charge in [0.15, 0.2) is 0 Å².